The lowest BCUT2D eigenvalue weighted by atomic mass is 10.3. The van der Waals surface area contributed by atoms with Crippen LogP contribution in [0.2, 0.25) is 0 Å². The molecule has 0 amide bonds. The molecule has 1 unspecified atom stereocenters. The van der Waals surface area contributed by atoms with Gasteiger partial charge in [0.25, 0.3) is 0 Å². The average molecular weight is 265 g/mol. The number of carboxylic acid groups (broad SMARTS) is 1. The lowest BCUT2D eigenvalue weighted by Gasteiger charge is -2.15. The van der Waals surface area contributed by atoms with Gasteiger partial charge >= 0.3 is 5.97 Å². The number of nitrogens with one attached hydrogen (secondary N) is 1. The van der Waals surface area contributed by atoms with Crippen molar-refractivity contribution < 1.29 is 19.4 Å². The van der Waals surface area contributed by atoms with Gasteiger partial charge in [-0.2, -0.15) is 0 Å². The summed E-state index contributed by atoms with van der Waals surface area (Å²) in [6, 6.07) is 6.86. The molecule has 0 saturated heterocycles. The van der Waals surface area contributed by atoms with Gasteiger partial charge in [-0.05, 0) is 44.0 Å². The maximum atomic E-state index is 11.1. The summed E-state index contributed by atoms with van der Waals surface area (Å²) in [6.07, 6.45) is 2.10. The number of benzene rings is 1. The van der Waals surface area contributed by atoms with E-state index in [2.05, 4.69) is 5.32 Å². The quantitative estimate of drug-likeness (QED) is 0.748. The van der Waals surface area contributed by atoms with Crippen molar-refractivity contribution >= 4 is 5.97 Å². The zero-order chi connectivity index (χ0) is 13.7. The molecule has 1 fully saturated rings. The minimum Gasteiger partial charge on any atom is -0.494 e. The van der Waals surface area contributed by atoms with Gasteiger partial charge in [-0.25, -0.2) is 0 Å². The number of carboxylic acids is 1. The molecule has 1 aliphatic rings. The van der Waals surface area contributed by atoms with Gasteiger partial charge in [0.05, 0.1) is 6.61 Å². The van der Waals surface area contributed by atoms with Crippen molar-refractivity contribution in [3.63, 3.8) is 0 Å². The van der Waals surface area contributed by atoms with Crippen LogP contribution in [0.1, 0.15) is 19.8 Å². The molecule has 5 nitrogen and oxygen atoms in total. The number of carbonyl (C=O) groups is 1. The molecule has 1 atom stereocenters. The molecular formula is C14H19NO4. The molecule has 5 heteroatoms. The van der Waals surface area contributed by atoms with E-state index in [-0.39, 0.29) is 6.61 Å². The van der Waals surface area contributed by atoms with Crippen molar-refractivity contribution in [3.8, 4) is 11.5 Å². The van der Waals surface area contributed by atoms with Crippen LogP contribution in [0.3, 0.4) is 0 Å². The largest absolute Gasteiger partial charge is 0.494 e. The Labute approximate surface area is 112 Å². The highest BCUT2D eigenvalue weighted by atomic mass is 16.5. The van der Waals surface area contributed by atoms with Crippen molar-refractivity contribution in [2.45, 2.75) is 31.8 Å². The number of hydrogen-bond acceptors (Lipinski definition) is 4. The summed E-state index contributed by atoms with van der Waals surface area (Å²) in [4.78, 5) is 11.1. The van der Waals surface area contributed by atoms with E-state index >= 15 is 0 Å². The number of rotatable bonds is 8. The van der Waals surface area contributed by atoms with Crippen molar-refractivity contribution in [2.24, 2.45) is 0 Å². The van der Waals surface area contributed by atoms with E-state index < -0.39 is 12.0 Å². The Balaban J connectivity index is 1.83. The van der Waals surface area contributed by atoms with Crippen LogP contribution in [0.25, 0.3) is 0 Å². The third-order valence-electron chi connectivity index (χ3n) is 2.86. The van der Waals surface area contributed by atoms with Crippen LogP contribution in [0.5, 0.6) is 11.5 Å². The smallest absolute Gasteiger partial charge is 0.324 e. The number of aliphatic carboxylic acids is 1. The van der Waals surface area contributed by atoms with Gasteiger partial charge in [0.2, 0.25) is 0 Å². The molecule has 104 valence electrons. The van der Waals surface area contributed by atoms with Crippen LogP contribution in [-0.4, -0.2) is 36.4 Å². The van der Waals surface area contributed by atoms with E-state index in [9.17, 15) is 4.79 Å². The van der Waals surface area contributed by atoms with Crippen LogP contribution >= 0.6 is 0 Å². The predicted molar refractivity (Wildman–Crippen MR) is 70.7 cm³/mol. The second-order valence-corrected chi connectivity index (χ2v) is 4.55. The van der Waals surface area contributed by atoms with Gasteiger partial charge in [-0.1, -0.05) is 0 Å². The number of ether oxygens (including phenoxy) is 2. The summed E-state index contributed by atoms with van der Waals surface area (Å²) in [7, 11) is 0. The average Bonchev–Trinajstić information content (AvgIpc) is 3.20. The first-order chi connectivity index (χ1) is 9.19. The molecule has 0 heterocycles. The van der Waals surface area contributed by atoms with Gasteiger partial charge < -0.3 is 14.6 Å². The van der Waals surface area contributed by atoms with Gasteiger partial charge in [-0.3, -0.25) is 10.1 Å². The summed E-state index contributed by atoms with van der Waals surface area (Å²) in [5.41, 5.74) is 0. The van der Waals surface area contributed by atoms with Crippen molar-refractivity contribution in [3.05, 3.63) is 24.3 Å². The Bertz CT molecular complexity index is 414. The van der Waals surface area contributed by atoms with Gasteiger partial charge in [0.15, 0.2) is 0 Å². The predicted octanol–water partition coefficient (Wildman–Crippen LogP) is 1.67. The molecule has 2 N–H and O–H groups in total. The molecule has 1 aromatic carbocycles. The zero-order valence-corrected chi connectivity index (χ0v) is 11.0. The van der Waals surface area contributed by atoms with Crippen LogP contribution in [0.15, 0.2) is 24.3 Å². The Morgan fingerprint density at radius 2 is 1.89 bits per heavy atom. The summed E-state index contributed by atoms with van der Waals surface area (Å²) in [6.45, 7) is 2.66. The van der Waals surface area contributed by atoms with Crippen LogP contribution in [-0.2, 0) is 4.79 Å². The molecule has 0 spiro atoms. The third-order valence-corrected chi connectivity index (χ3v) is 2.86. The molecule has 0 aromatic heterocycles. The standard InChI is InChI=1S/C14H19NO4/c1-2-18-11-5-7-12(8-6-11)19-9-13(14(16)17)15-10-3-4-10/h5-8,10,13,15H,2-4,9H2,1H3,(H,16,17). The third kappa shape index (κ3) is 4.44. The zero-order valence-electron chi connectivity index (χ0n) is 11.0. The molecule has 1 saturated carbocycles. The lowest BCUT2D eigenvalue weighted by molar-refractivity contribution is -0.140. The second kappa shape index (κ2) is 6.43. The fraction of sp³-hybridized carbons (Fsp3) is 0.500. The van der Waals surface area contributed by atoms with Crippen LogP contribution in [0.4, 0.5) is 0 Å². The molecular weight excluding hydrogens is 246 g/mol. The Kier molecular flexibility index (Phi) is 4.63. The Hall–Kier alpha value is -1.75. The molecule has 0 radical (unpaired) electrons. The monoisotopic (exact) mass is 265 g/mol. The topological polar surface area (TPSA) is 67.8 Å². The highest BCUT2D eigenvalue weighted by Crippen LogP contribution is 2.20. The van der Waals surface area contributed by atoms with Crippen LogP contribution in [0, 0.1) is 0 Å². The van der Waals surface area contributed by atoms with Crippen molar-refractivity contribution in [2.75, 3.05) is 13.2 Å². The lowest BCUT2D eigenvalue weighted by Crippen LogP contribution is -2.42. The van der Waals surface area contributed by atoms with E-state index in [1.54, 1.807) is 12.1 Å². The summed E-state index contributed by atoms with van der Waals surface area (Å²) >= 11 is 0. The Morgan fingerprint density at radius 1 is 1.32 bits per heavy atom. The first-order valence-corrected chi connectivity index (χ1v) is 6.53. The normalized spacial score (nSPS) is 15.8. The van der Waals surface area contributed by atoms with Gasteiger partial charge in [0, 0.05) is 6.04 Å². The SMILES string of the molecule is CCOc1ccc(OCC(NC2CC2)C(=O)O)cc1. The van der Waals surface area contributed by atoms with E-state index in [0.29, 0.717) is 18.4 Å². The van der Waals surface area contributed by atoms with Crippen molar-refractivity contribution in [1.29, 1.82) is 0 Å². The van der Waals surface area contributed by atoms with E-state index in [0.717, 1.165) is 18.6 Å². The fourth-order valence-corrected chi connectivity index (χ4v) is 1.70. The summed E-state index contributed by atoms with van der Waals surface area (Å²) < 4.78 is 10.8. The molecule has 19 heavy (non-hydrogen) atoms. The maximum absolute atomic E-state index is 11.1. The minimum absolute atomic E-state index is 0.125. The van der Waals surface area contributed by atoms with Gasteiger partial charge in [-0.15, -0.1) is 0 Å². The van der Waals surface area contributed by atoms with Crippen molar-refractivity contribution in [1.82, 2.24) is 5.32 Å². The van der Waals surface area contributed by atoms with E-state index in [4.69, 9.17) is 14.6 Å². The molecule has 0 bridgehead atoms. The number of hydrogen-bond donors (Lipinski definition) is 2. The molecule has 0 aliphatic heterocycles. The summed E-state index contributed by atoms with van der Waals surface area (Å²) in [5, 5.41) is 12.1. The highest BCUT2D eigenvalue weighted by Gasteiger charge is 2.28. The minimum atomic E-state index is -0.877. The second-order valence-electron chi connectivity index (χ2n) is 4.55. The first kappa shape index (κ1) is 13.7. The molecule has 1 aromatic rings. The molecule has 1 aliphatic carbocycles. The maximum Gasteiger partial charge on any atom is 0.324 e. The van der Waals surface area contributed by atoms with Gasteiger partial charge in [0.1, 0.15) is 24.1 Å². The molecule has 2 rings (SSSR count). The Morgan fingerprint density at radius 3 is 2.37 bits per heavy atom. The van der Waals surface area contributed by atoms with Crippen LogP contribution < -0.4 is 14.8 Å². The van der Waals surface area contributed by atoms with E-state index in [1.807, 2.05) is 19.1 Å². The van der Waals surface area contributed by atoms with E-state index in [1.165, 1.54) is 0 Å². The fourth-order valence-electron chi connectivity index (χ4n) is 1.70. The first-order valence-electron chi connectivity index (χ1n) is 6.53. The summed E-state index contributed by atoms with van der Waals surface area (Å²) in [5.74, 6) is 0.547. The highest BCUT2D eigenvalue weighted by molar-refractivity contribution is 5.73.